The smallest absolute Gasteiger partial charge is 0.326 e. The summed E-state index contributed by atoms with van der Waals surface area (Å²) in [5.41, 5.74) is 1.08. The maximum absolute atomic E-state index is 11.3. The maximum atomic E-state index is 11.3. The van der Waals surface area contributed by atoms with Crippen LogP contribution in [0.5, 0.6) is 0 Å². The van der Waals surface area contributed by atoms with Crippen molar-refractivity contribution in [2.24, 2.45) is 5.92 Å². The van der Waals surface area contributed by atoms with Gasteiger partial charge in [-0.25, -0.2) is 9.78 Å². The molecule has 0 radical (unpaired) electrons. The molecular weight excluding hydrogens is 240 g/mol. The Morgan fingerprint density at radius 2 is 2.05 bits per heavy atom. The molecule has 100 valence electrons. The molecule has 0 bridgehead atoms. The second kappa shape index (κ2) is 5.26. The largest absolute Gasteiger partial charge is 0.480 e. The van der Waals surface area contributed by atoms with Crippen LogP contribution in [0.25, 0.3) is 10.8 Å². The zero-order valence-corrected chi connectivity index (χ0v) is 11.3. The summed E-state index contributed by atoms with van der Waals surface area (Å²) in [5.74, 6) is -0.238. The van der Waals surface area contributed by atoms with E-state index >= 15 is 0 Å². The van der Waals surface area contributed by atoms with E-state index in [9.17, 15) is 9.90 Å². The minimum Gasteiger partial charge on any atom is -0.480 e. The first-order valence-electron chi connectivity index (χ1n) is 6.34. The second-order valence-corrected chi connectivity index (χ2v) is 5.04. The van der Waals surface area contributed by atoms with Gasteiger partial charge in [0.25, 0.3) is 0 Å². The van der Waals surface area contributed by atoms with Gasteiger partial charge in [-0.1, -0.05) is 32.0 Å². The van der Waals surface area contributed by atoms with Gasteiger partial charge in [0.1, 0.15) is 11.9 Å². The summed E-state index contributed by atoms with van der Waals surface area (Å²) < 4.78 is 0. The molecule has 2 rings (SSSR count). The Kier molecular flexibility index (Phi) is 3.69. The molecular formula is C15H18N2O2. The van der Waals surface area contributed by atoms with Gasteiger partial charge in [0.2, 0.25) is 0 Å². The zero-order chi connectivity index (χ0) is 14.0. The zero-order valence-electron chi connectivity index (χ0n) is 11.3. The molecule has 0 spiro atoms. The second-order valence-electron chi connectivity index (χ2n) is 5.04. The number of nitrogens with zero attached hydrogens (tertiary/aromatic N) is 1. The van der Waals surface area contributed by atoms with Crippen LogP contribution in [0.15, 0.2) is 30.5 Å². The van der Waals surface area contributed by atoms with Gasteiger partial charge in [-0.05, 0) is 29.9 Å². The lowest BCUT2D eigenvalue weighted by atomic mass is 10.0. The van der Waals surface area contributed by atoms with Gasteiger partial charge in [0.15, 0.2) is 0 Å². The van der Waals surface area contributed by atoms with E-state index in [4.69, 9.17) is 0 Å². The number of hydrogen-bond donors (Lipinski definition) is 2. The predicted octanol–water partition coefficient (Wildman–Crippen LogP) is 3.06. The minimum absolute atomic E-state index is 0.0152. The number of carboxylic acids is 1. The molecule has 0 saturated heterocycles. The number of nitrogens with one attached hydrogen (secondary N) is 1. The number of carboxylic acid groups (broad SMARTS) is 1. The van der Waals surface area contributed by atoms with Crippen LogP contribution in [-0.4, -0.2) is 22.1 Å². The first-order valence-corrected chi connectivity index (χ1v) is 6.34. The predicted molar refractivity (Wildman–Crippen MR) is 76.4 cm³/mol. The van der Waals surface area contributed by atoms with Gasteiger partial charge in [-0.2, -0.15) is 0 Å². The molecule has 1 atom stereocenters. The molecule has 1 aromatic heterocycles. The molecule has 1 aromatic carbocycles. The Labute approximate surface area is 112 Å². The first kappa shape index (κ1) is 13.3. The minimum atomic E-state index is -0.859. The average molecular weight is 258 g/mol. The topological polar surface area (TPSA) is 62.2 Å². The van der Waals surface area contributed by atoms with Crippen molar-refractivity contribution in [1.82, 2.24) is 4.98 Å². The third-order valence-corrected chi connectivity index (χ3v) is 3.22. The molecule has 0 aliphatic heterocycles. The van der Waals surface area contributed by atoms with Crippen molar-refractivity contribution in [3.05, 3.63) is 36.0 Å². The Hall–Kier alpha value is -2.10. The van der Waals surface area contributed by atoms with Crippen LogP contribution in [-0.2, 0) is 4.79 Å². The fourth-order valence-corrected chi connectivity index (χ4v) is 2.18. The summed E-state index contributed by atoms with van der Waals surface area (Å²) in [6.07, 6.45) is 1.70. The summed E-state index contributed by atoms with van der Waals surface area (Å²) >= 11 is 0. The van der Waals surface area contributed by atoms with Crippen molar-refractivity contribution in [3.63, 3.8) is 0 Å². The van der Waals surface area contributed by atoms with Crippen molar-refractivity contribution in [2.75, 3.05) is 5.32 Å². The first-order chi connectivity index (χ1) is 9.00. The van der Waals surface area contributed by atoms with E-state index in [0.29, 0.717) is 5.82 Å². The number of hydrogen-bond acceptors (Lipinski definition) is 3. The highest BCUT2D eigenvalue weighted by atomic mass is 16.4. The monoisotopic (exact) mass is 258 g/mol. The van der Waals surface area contributed by atoms with Gasteiger partial charge in [0, 0.05) is 11.6 Å². The molecule has 0 saturated carbocycles. The molecule has 2 aromatic rings. The fraction of sp³-hybridized carbons (Fsp3) is 0.333. The van der Waals surface area contributed by atoms with E-state index in [1.54, 1.807) is 6.20 Å². The number of aromatic nitrogens is 1. The molecule has 1 unspecified atom stereocenters. The number of aryl methyl sites for hydroxylation is 1. The SMILES string of the molecule is Cc1cccc2ccnc(NC(C(=O)O)C(C)C)c12. The van der Waals surface area contributed by atoms with Crippen LogP contribution < -0.4 is 5.32 Å². The summed E-state index contributed by atoms with van der Waals surface area (Å²) in [7, 11) is 0. The molecule has 0 fully saturated rings. The quantitative estimate of drug-likeness (QED) is 0.884. The standard InChI is InChI=1S/C15H18N2O2/c1-9(2)13(15(18)19)17-14-12-10(3)5-4-6-11(12)7-8-16-14/h4-9,13H,1-3H3,(H,16,17)(H,18,19). The lowest BCUT2D eigenvalue weighted by Crippen LogP contribution is -2.34. The molecule has 4 nitrogen and oxygen atoms in total. The molecule has 4 heteroatoms. The fourth-order valence-electron chi connectivity index (χ4n) is 2.18. The summed E-state index contributed by atoms with van der Waals surface area (Å²) in [6.45, 7) is 5.76. The molecule has 0 aliphatic carbocycles. The Bertz CT molecular complexity index is 603. The number of anilines is 1. The number of carbonyl (C=O) groups is 1. The van der Waals surface area contributed by atoms with Gasteiger partial charge in [0.05, 0.1) is 0 Å². The normalized spacial score (nSPS) is 12.6. The Morgan fingerprint density at radius 1 is 1.32 bits per heavy atom. The van der Waals surface area contributed by atoms with E-state index < -0.39 is 12.0 Å². The van der Waals surface area contributed by atoms with Crippen molar-refractivity contribution >= 4 is 22.6 Å². The summed E-state index contributed by atoms with van der Waals surface area (Å²) in [5, 5.41) is 14.4. The van der Waals surface area contributed by atoms with E-state index in [1.807, 2.05) is 45.0 Å². The molecule has 2 N–H and O–H groups in total. The van der Waals surface area contributed by atoms with Gasteiger partial charge < -0.3 is 10.4 Å². The number of pyridine rings is 1. The van der Waals surface area contributed by atoms with Crippen LogP contribution in [0.4, 0.5) is 5.82 Å². The van der Waals surface area contributed by atoms with E-state index in [2.05, 4.69) is 10.3 Å². The van der Waals surface area contributed by atoms with Crippen LogP contribution >= 0.6 is 0 Å². The lowest BCUT2D eigenvalue weighted by molar-refractivity contribution is -0.138. The van der Waals surface area contributed by atoms with Crippen LogP contribution in [0.1, 0.15) is 19.4 Å². The number of rotatable bonds is 4. The van der Waals surface area contributed by atoms with Crippen LogP contribution in [0.2, 0.25) is 0 Å². The summed E-state index contributed by atoms with van der Waals surface area (Å²) in [6, 6.07) is 7.27. The van der Waals surface area contributed by atoms with E-state index in [1.165, 1.54) is 0 Å². The molecule has 1 heterocycles. The third kappa shape index (κ3) is 2.67. The van der Waals surface area contributed by atoms with Gasteiger partial charge in [-0.3, -0.25) is 0 Å². The molecule has 0 amide bonds. The third-order valence-electron chi connectivity index (χ3n) is 3.22. The summed E-state index contributed by atoms with van der Waals surface area (Å²) in [4.78, 5) is 15.6. The van der Waals surface area contributed by atoms with Crippen molar-refractivity contribution in [3.8, 4) is 0 Å². The highest BCUT2D eigenvalue weighted by molar-refractivity contribution is 5.95. The van der Waals surface area contributed by atoms with E-state index in [0.717, 1.165) is 16.3 Å². The lowest BCUT2D eigenvalue weighted by Gasteiger charge is -2.20. The average Bonchev–Trinajstić information content (AvgIpc) is 2.35. The number of aliphatic carboxylic acids is 1. The van der Waals surface area contributed by atoms with E-state index in [-0.39, 0.29) is 5.92 Å². The van der Waals surface area contributed by atoms with Crippen molar-refractivity contribution < 1.29 is 9.90 Å². The van der Waals surface area contributed by atoms with Crippen molar-refractivity contribution in [2.45, 2.75) is 26.8 Å². The highest BCUT2D eigenvalue weighted by Gasteiger charge is 2.22. The van der Waals surface area contributed by atoms with Crippen molar-refractivity contribution in [1.29, 1.82) is 0 Å². The highest BCUT2D eigenvalue weighted by Crippen LogP contribution is 2.25. The van der Waals surface area contributed by atoms with Gasteiger partial charge >= 0.3 is 5.97 Å². The number of fused-ring (bicyclic) bond motifs is 1. The Morgan fingerprint density at radius 3 is 2.68 bits per heavy atom. The maximum Gasteiger partial charge on any atom is 0.326 e. The number of benzene rings is 1. The molecule has 19 heavy (non-hydrogen) atoms. The Balaban J connectivity index is 2.48. The van der Waals surface area contributed by atoms with Gasteiger partial charge in [-0.15, -0.1) is 0 Å². The van der Waals surface area contributed by atoms with Crippen LogP contribution in [0, 0.1) is 12.8 Å². The molecule has 0 aliphatic rings. The van der Waals surface area contributed by atoms with Crippen LogP contribution in [0.3, 0.4) is 0 Å².